The van der Waals surface area contributed by atoms with Crippen molar-refractivity contribution in [2.45, 2.75) is 45.7 Å². The van der Waals surface area contributed by atoms with Crippen molar-refractivity contribution in [1.82, 2.24) is 5.32 Å². The van der Waals surface area contributed by atoms with Crippen LogP contribution in [0.15, 0.2) is 17.5 Å². The quantitative estimate of drug-likeness (QED) is 0.786. The normalized spacial score (nSPS) is 14.8. The van der Waals surface area contributed by atoms with E-state index >= 15 is 0 Å². The first-order valence-electron chi connectivity index (χ1n) is 6.00. The van der Waals surface area contributed by atoms with Gasteiger partial charge in [-0.3, -0.25) is 4.79 Å². The molecule has 0 fully saturated rings. The van der Waals surface area contributed by atoms with Gasteiger partial charge in [0.1, 0.15) is 0 Å². The minimum atomic E-state index is -0.757. The van der Waals surface area contributed by atoms with E-state index < -0.39 is 5.97 Å². The van der Waals surface area contributed by atoms with E-state index in [1.807, 2.05) is 17.5 Å². The molecule has 1 aromatic heterocycles. The Labute approximate surface area is 107 Å². The molecule has 0 bridgehead atoms. The maximum atomic E-state index is 10.9. The van der Waals surface area contributed by atoms with Crippen molar-refractivity contribution >= 4 is 17.3 Å². The number of hydrogen-bond donors (Lipinski definition) is 2. The monoisotopic (exact) mass is 255 g/mol. The van der Waals surface area contributed by atoms with Gasteiger partial charge in [-0.15, -0.1) is 11.3 Å². The Morgan fingerprint density at radius 3 is 2.65 bits per heavy atom. The first-order valence-corrected chi connectivity index (χ1v) is 6.88. The van der Waals surface area contributed by atoms with Crippen LogP contribution in [-0.2, 0) is 4.79 Å². The number of thiophene rings is 1. The lowest BCUT2D eigenvalue weighted by molar-refractivity contribution is -0.137. The van der Waals surface area contributed by atoms with Gasteiger partial charge in [0, 0.05) is 10.9 Å². The summed E-state index contributed by atoms with van der Waals surface area (Å²) in [7, 11) is 0. The Morgan fingerprint density at radius 2 is 2.18 bits per heavy atom. The summed E-state index contributed by atoms with van der Waals surface area (Å²) in [6, 6.07) is 4.22. The Morgan fingerprint density at radius 1 is 1.47 bits per heavy atom. The zero-order chi connectivity index (χ0) is 12.8. The molecule has 0 aliphatic carbocycles. The van der Waals surface area contributed by atoms with Crippen LogP contribution < -0.4 is 5.32 Å². The molecule has 0 aliphatic rings. The van der Waals surface area contributed by atoms with E-state index in [1.54, 1.807) is 11.3 Å². The van der Waals surface area contributed by atoms with Crippen molar-refractivity contribution in [3.05, 3.63) is 22.4 Å². The summed E-state index contributed by atoms with van der Waals surface area (Å²) in [4.78, 5) is 12.0. The lowest BCUT2D eigenvalue weighted by atomic mass is 10.0. The Hall–Kier alpha value is -0.870. The molecule has 2 atom stereocenters. The maximum Gasteiger partial charge on any atom is 0.305 e. The third-order valence-electron chi connectivity index (χ3n) is 2.58. The van der Waals surface area contributed by atoms with Gasteiger partial charge in [0.05, 0.1) is 12.5 Å². The van der Waals surface area contributed by atoms with Crippen molar-refractivity contribution in [3.8, 4) is 0 Å². The molecule has 2 N–H and O–H groups in total. The molecule has 0 saturated carbocycles. The maximum absolute atomic E-state index is 10.9. The molecule has 0 aromatic carbocycles. The molecule has 3 nitrogen and oxygen atoms in total. The standard InChI is InChI=1S/C13H21NO2S/c1-9(2)7-10(3)14-11(8-13(15)16)12-5-4-6-17-12/h4-6,9-11,14H,7-8H2,1-3H3,(H,15,16). The van der Waals surface area contributed by atoms with Crippen molar-refractivity contribution < 1.29 is 9.90 Å². The van der Waals surface area contributed by atoms with Gasteiger partial charge in [-0.25, -0.2) is 0 Å². The summed E-state index contributed by atoms with van der Waals surface area (Å²) in [6.07, 6.45) is 1.20. The van der Waals surface area contributed by atoms with Gasteiger partial charge in [-0.05, 0) is 30.7 Å². The fourth-order valence-corrected chi connectivity index (χ4v) is 2.81. The third-order valence-corrected chi connectivity index (χ3v) is 3.56. The van der Waals surface area contributed by atoms with Crippen LogP contribution in [-0.4, -0.2) is 17.1 Å². The second-order valence-electron chi connectivity index (χ2n) is 4.86. The smallest absolute Gasteiger partial charge is 0.305 e. The van der Waals surface area contributed by atoms with Crippen LogP contribution >= 0.6 is 11.3 Å². The van der Waals surface area contributed by atoms with E-state index in [-0.39, 0.29) is 12.5 Å². The second kappa shape index (κ2) is 6.77. The number of nitrogens with one attached hydrogen (secondary N) is 1. The molecule has 0 amide bonds. The highest BCUT2D eigenvalue weighted by Crippen LogP contribution is 2.23. The molecule has 0 saturated heterocycles. The number of aliphatic carboxylic acids is 1. The molecule has 0 radical (unpaired) electrons. The summed E-state index contributed by atoms with van der Waals surface area (Å²) in [5, 5.41) is 14.3. The lowest BCUT2D eigenvalue weighted by Crippen LogP contribution is -2.32. The molecule has 1 aromatic rings. The average molecular weight is 255 g/mol. The molecule has 96 valence electrons. The number of carboxylic acids is 1. The highest BCUT2D eigenvalue weighted by atomic mass is 32.1. The average Bonchev–Trinajstić information content (AvgIpc) is 2.66. The first kappa shape index (κ1) is 14.2. The second-order valence-corrected chi connectivity index (χ2v) is 5.84. The van der Waals surface area contributed by atoms with E-state index in [4.69, 9.17) is 5.11 Å². The van der Waals surface area contributed by atoms with Crippen LogP contribution in [0.2, 0.25) is 0 Å². The van der Waals surface area contributed by atoms with Crippen molar-refractivity contribution in [2.24, 2.45) is 5.92 Å². The van der Waals surface area contributed by atoms with Gasteiger partial charge >= 0.3 is 5.97 Å². The molecule has 2 unspecified atom stereocenters. The van der Waals surface area contributed by atoms with Crippen LogP contribution in [0, 0.1) is 5.92 Å². The van der Waals surface area contributed by atoms with Crippen LogP contribution in [0.4, 0.5) is 0 Å². The number of hydrogen-bond acceptors (Lipinski definition) is 3. The topological polar surface area (TPSA) is 49.3 Å². The van der Waals surface area contributed by atoms with Gasteiger partial charge in [-0.2, -0.15) is 0 Å². The van der Waals surface area contributed by atoms with Crippen LogP contribution in [0.5, 0.6) is 0 Å². The van der Waals surface area contributed by atoms with Crippen LogP contribution in [0.1, 0.15) is 44.5 Å². The van der Waals surface area contributed by atoms with E-state index in [2.05, 4.69) is 26.1 Å². The van der Waals surface area contributed by atoms with Crippen molar-refractivity contribution in [3.63, 3.8) is 0 Å². The molecule has 1 heterocycles. The lowest BCUT2D eigenvalue weighted by Gasteiger charge is -2.22. The highest BCUT2D eigenvalue weighted by molar-refractivity contribution is 7.10. The van der Waals surface area contributed by atoms with Crippen molar-refractivity contribution in [2.75, 3.05) is 0 Å². The molecule has 4 heteroatoms. The summed E-state index contributed by atoms with van der Waals surface area (Å²) in [5.74, 6) is -0.140. The largest absolute Gasteiger partial charge is 0.481 e. The summed E-state index contributed by atoms with van der Waals surface area (Å²) in [6.45, 7) is 6.47. The first-order chi connectivity index (χ1) is 7.99. The minimum absolute atomic E-state index is 0.0683. The van der Waals surface area contributed by atoms with Gasteiger partial charge in [0.25, 0.3) is 0 Å². The molecule has 0 spiro atoms. The van der Waals surface area contributed by atoms with Crippen molar-refractivity contribution in [1.29, 1.82) is 0 Å². The zero-order valence-corrected chi connectivity index (χ0v) is 11.5. The van der Waals surface area contributed by atoms with Gasteiger partial charge in [-0.1, -0.05) is 19.9 Å². The van der Waals surface area contributed by atoms with E-state index in [0.29, 0.717) is 12.0 Å². The van der Waals surface area contributed by atoms with Gasteiger partial charge < -0.3 is 10.4 Å². The Kier molecular flexibility index (Phi) is 5.65. The number of carbonyl (C=O) groups is 1. The molecule has 0 aliphatic heterocycles. The van der Waals surface area contributed by atoms with E-state index in [9.17, 15) is 4.79 Å². The van der Waals surface area contributed by atoms with E-state index in [0.717, 1.165) is 11.3 Å². The Bertz CT molecular complexity index is 335. The third kappa shape index (κ3) is 5.33. The zero-order valence-electron chi connectivity index (χ0n) is 10.6. The van der Waals surface area contributed by atoms with Crippen LogP contribution in [0.3, 0.4) is 0 Å². The predicted octanol–water partition coefficient (Wildman–Crippen LogP) is 3.29. The minimum Gasteiger partial charge on any atom is -0.481 e. The molecular weight excluding hydrogens is 234 g/mol. The highest BCUT2D eigenvalue weighted by Gasteiger charge is 2.18. The Balaban J connectivity index is 2.61. The fourth-order valence-electron chi connectivity index (χ4n) is 2.02. The molecule has 17 heavy (non-hydrogen) atoms. The number of carboxylic acid groups (broad SMARTS) is 1. The fraction of sp³-hybridized carbons (Fsp3) is 0.615. The summed E-state index contributed by atoms with van der Waals surface area (Å²) >= 11 is 1.61. The molecular formula is C13H21NO2S. The predicted molar refractivity (Wildman–Crippen MR) is 71.4 cm³/mol. The summed E-state index contributed by atoms with van der Waals surface area (Å²) in [5.41, 5.74) is 0. The van der Waals surface area contributed by atoms with E-state index in [1.165, 1.54) is 0 Å². The summed E-state index contributed by atoms with van der Waals surface area (Å²) < 4.78 is 0. The van der Waals surface area contributed by atoms with Crippen LogP contribution in [0.25, 0.3) is 0 Å². The van der Waals surface area contributed by atoms with Gasteiger partial charge in [0.2, 0.25) is 0 Å². The molecule has 1 rings (SSSR count). The van der Waals surface area contributed by atoms with Gasteiger partial charge in [0.15, 0.2) is 0 Å². The number of rotatable bonds is 7. The SMILES string of the molecule is CC(C)CC(C)NC(CC(=O)O)c1cccs1.